The SMILES string of the molecule is CN=C(NCc1nccs1)NC1CCN(c2ccccc2OC)C1.I. The first kappa shape index (κ1) is 19.8. The second-order valence-electron chi connectivity index (χ2n) is 5.60. The number of nitrogens with zero attached hydrogens (tertiary/aromatic N) is 3. The standard InChI is InChI=1S/C17H23N5OS.HI/c1-18-17(20-11-16-19-8-10-24-16)21-13-7-9-22(12-13)14-5-3-4-6-15(14)23-2;/h3-6,8,10,13H,7,9,11-12H2,1-2H3,(H2,18,20,21);1H. The molecule has 1 fully saturated rings. The Morgan fingerprint density at radius 2 is 2.28 bits per heavy atom. The molecule has 0 aliphatic carbocycles. The quantitative estimate of drug-likeness (QED) is 0.398. The molecule has 2 heterocycles. The topological polar surface area (TPSA) is 61.8 Å². The molecule has 25 heavy (non-hydrogen) atoms. The van der Waals surface area contributed by atoms with Crippen LogP contribution >= 0.6 is 35.3 Å². The number of guanidine groups is 1. The highest BCUT2D eigenvalue weighted by molar-refractivity contribution is 14.0. The maximum absolute atomic E-state index is 5.47. The van der Waals surface area contributed by atoms with Crippen molar-refractivity contribution in [2.24, 2.45) is 4.99 Å². The molecular weight excluding hydrogens is 449 g/mol. The highest BCUT2D eigenvalue weighted by Gasteiger charge is 2.25. The predicted octanol–water partition coefficient (Wildman–Crippen LogP) is 2.71. The Balaban J connectivity index is 0.00000225. The lowest BCUT2D eigenvalue weighted by atomic mass is 10.2. The van der Waals surface area contributed by atoms with Gasteiger partial charge in [0.1, 0.15) is 10.8 Å². The normalized spacial score (nSPS) is 17.1. The fourth-order valence-corrected chi connectivity index (χ4v) is 3.43. The second kappa shape index (κ2) is 9.81. The Morgan fingerprint density at radius 1 is 1.44 bits per heavy atom. The van der Waals surface area contributed by atoms with Gasteiger partial charge >= 0.3 is 0 Å². The molecule has 1 aromatic heterocycles. The smallest absolute Gasteiger partial charge is 0.191 e. The molecule has 0 radical (unpaired) electrons. The monoisotopic (exact) mass is 473 g/mol. The number of para-hydroxylation sites is 2. The Kier molecular flexibility index (Phi) is 7.76. The van der Waals surface area contributed by atoms with Crippen LogP contribution in [0.5, 0.6) is 5.75 Å². The van der Waals surface area contributed by atoms with Gasteiger partial charge in [0.05, 0.1) is 19.3 Å². The molecule has 1 saturated heterocycles. The molecule has 3 rings (SSSR count). The molecule has 1 aliphatic heterocycles. The molecule has 0 spiro atoms. The summed E-state index contributed by atoms with van der Waals surface area (Å²) in [5.41, 5.74) is 1.15. The van der Waals surface area contributed by atoms with Crippen LogP contribution in [0.3, 0.4) is 0 Å². The zero-order valence-corrected chi connectivity index (χ0v) is 17.6. The lowest BCUT2D eigenvalue weighted by Gasteiger charge is -2.22. The number of anilines is 1. The molecule has 6 nitrogen and oxygen atoms in total. The summed E-state index contributed by atoms with van der Waals surface area (Å²) in [6.45, 7) is 2.63. The summed E-state index contributed by atoms with van der Waals surface area (Å²) in [5.74, 6) is 1.74. The number of thiazole rings is 1. The van der Waals surface area contributed by atoms with Gasteiger partial charge in [-0.3, -0.25) is 4.99 Å². The van der Waals surface area contributed by atoms with Crippen molar-refractivity contribution in [3.63, 3.8) is 0 Å². The van der Waals surface area contributed by atoms with E-state index in [1.54, 1.807) is 25.5 Å². The number of aromatic nitrogens is 1. The molecule has 0 amide bonds. The van der Waals surface area contributed by atoms with Crippen LogP contribution in [0, 0.1) is 0 Å². The van der Waals surface area contributed by atoms with Gasteiger partial charge in [0, 0.05) is 37.8 Å². The number of aliphatic imine (C=N–C) groups is 1. The Hall–Kier alpha value is -1.55. The van der Waals surface area contributed by atoms with Crippen LogP contribution in [-0.2, 0) is 6.54 Å². The Morgan fingerprint density at radius 3 is 3.00 bits per heavy atom. The molecule has 1 aliphatic rings. The largest absolute Gasteiger partial charge is 0.495 e. The summed E-state index contributed by atoms with van der Waals surface area (Å²) in [6, 6.07) is 8.52. The van der Waals surface area contributed by atoms with Gasteiger partial charge in [-0.25, -0.2) is 4.98 Å². The average molecular weight is 473 g/mol. The van der Waals surface area contributed by atoms with Crippen molar-refractivity contribution < 1.29 is 4.74 Å². The van der Waals surface area contributed by atoms with Crippen molar-refractivity contribution in [3.8, 4) is 5.75 Å². The maximum atomic E-state index is 5.47. The first-order valence-electron chi connectivity index (χ1n) is 8.03. The van der Waals surface area contributed by atoms with E-state index in [4.69, 9.17) is 4.74 Å². The molecule has 8 heteroatoms. The molecular formula is C17H24IN5OS. The van der Waals surface area contributed by atoms with Crippen molar-refractivity contribution in [2.45, 2.75) is 19.0 Å². The molecule has 136 valence electrons. The van der Waals surface area contributed by atoms with Crippen molar-refractivity contribution in [2.75, 3.05) is 32.1 Å². The number of rotatable bonds is 5. The summed E-state index contributed by atoms with van der Waals surface area (Å²) in [4.78, 5) is 10.9. The number of hydrogen-bond acceptors (Lipinski definition) is 5. The fourth-order valence-electron chi connectivity index (χ4n) is 2.88. The van der Waals surface area contributed by atoms with E-state index in [1.165, 1.54) is 0 Å². The third kappa shape index (κ3) is 5.21. The minimum Gasteiger partial charge on any atom is -0.495 e. The van der Waals surface area contributed by atoms with Crippen molar-refractivity contribution in [1.82, 2.24) is 15.6 Å². The van der Waals surface area contributed by atoms with Gasteiger partial charge in [-0.2, -0.15) is 0 Å². The minimum atomic E-state index is 0. The van der Waals surface area contributed by atoms with Gasteiger partial charge in [0.2, 0.25) is 0 Å². The second-order valence-corrected chi connectivity index (χ2v) is 6.58. The van der Waals surface area contributed by atoms with Crippen LogP contribution < -0.4 is 20.3 Å². The van der Waals surface area contributed by atoms with E-state index in [1.807, 2.05) is 29.8 Å². The Labute approximate surface area is 169 Å². The van der Waals surface area contributed by atoms with E-state index in [0.29, 0.717) is 12.6 Å². The first-order valence-corrected chi connectivity index (χ1v) is 8.91. The van der Waals surface area contributed by atoms with E-state index in [9.17, 15) is 0 Å². The van der Waals surface area contributed by atoms with Crippen LogP contribution in [0.4, 0.5) is 5.69 Å². The van der Waals surface area contributed by atoms with Gasteiger partial charge < -0.3 is 20.3 Å². The van der Waals surface area contributed by atoms with E-state index in [2.05, 4.69) is 31.6 Å². The summed E-state index contributed by atoms with van der Waals surface area (Å²) < 4.78 is 5.47. The lowest BCUT2D eigenvalue weighted by Crippen LogP contribution is -2.44. The van der Waals surface area contributed by atoms with E-state index in [-0.39, 0.29) is 24.0 Å². The molecule has 0 bridgehead atoms. The highest BCUT2D eigenvalue weighted by atomic mass is 127. The molecule has 2 aromatic rings. The van der Waals surface area contributed by atoms with E-state index >= 15 is 0 Å². The lowest BCUT2D eigenvalue weighted by molar-refractivity contribution is 0.415. The number of benzene rings is 1. The van der Waals surface area contributed by atoms with E-state index < -0.39 is 0 Å². The Bertz CT molecular complexity index is 679. The van der Waals surface area contributed by atoms with Gasteiger partial charge in [0.25, 0.3) is 0 Å². The zero-order valence-electron chi connectivity index (χ0n) is 14.4. The maximum Gasteiger partial charge on any atom is 0.191 e. The van der Waals surface area contributed by atoms with Crippen LogP contribution in [-0.4, -0.2) is 44.2 Å². The van der Waals surface area contributed by atoms with Gasteiger partial charge in [0.15, 0.2) is 5.96 Å². The fraction of sp³-hybridized carbons (Fsp3) is 0.412. The number of halogens is 1. The molecule has 1 atom stereocenters. The number of ether oxygens (including phenoxy) is 1. The van der Waals surface area contributed by atoms with Crippen molar-refractivity contribution in [3.05, 3.63) is 40.8 Å². The summed E-state index contributed by atoms with van der Waals surface area (Å²) in [5, 5.41) is 9.86. The summed E-state index contributed by atoms with van der Waals surface area (Å²) in [7, 11) is 3.51. The number of hydrogen-bond donors (Lipinski definition) is 2. The molecule has 0 saturated carbocycles. The molecule has 2 N–H and O–H groups in total. The number of methoxy groups -OCH3 is 1. The van der Waals surface area contributed by atoms with Gasteiger partial charge in [-0.05, 0) is 18.6 Å². The first-order chi connectivity index (χ1) is 11.8. The van der Waals surface area contributed by atoms with Crippen molar-refractivity contribution in [1.29, 1.82) is 0 Å². The molecule has 1 unspecified atom stereocenters. The summed E-state index contributed by atoms with van der Waals surface area (Å²) in [6.07, 6.45) is 2.88. The van der Waals surface area contributed by atoms with Crippen LogP contribution in [0.15, 0.2) is 40.8 Å². The van der Waals surface area contributed by atoms with Gasteiger partial charge in [-0.1, -0.05) is 12.1 Å². The number of nitrogens with one attached hydrogen (secondary N) is 2. The third-order valence-corrected chi connectivity index (χ3v) is 4.85. The highest BCUT2D eigenvalue weighted by Crippen LogP contribution is 2.30. The van der Waals surface area contributed by atoms with Gasteiger partial charge in [-0.15, -0.1) is 35.3 Å². The minimum absolute atomic E-state index is 0. The third-order valence-electron chi connectivity index (χ3n) is 4.07. The van der Waals surface area contributed by atoms with Crippen LogP contribution in [0.25, 0.3) is 0 Å². The van der Waals surface area contributed by atoms with E-state index in [0.717, 1.165) is 41.9 Å². The molecule has 1 aromatic carbocycles. The predicted molar refractivity (Wildman–Crippen MR) is 114 cm³/mol. The van der Waals surface area contributed by atoms with Crippen LogP contribution in [0.2, 0.25) is 0 Å². The van der Waals surface area contributed by atoms with Crippen LogP contribution in [0.1, 0.15) is 11.4 Å². The zero-order chi connectivity index (χ0) is 16.8. The average Bonchev–Trinajstić information content (AvgIpc) is 3.30. The summed E-state index contributed by atoms with van der Waals surface area (Å²) >= 11 is 1.64. The van der Waals surface area contributed by atoms with Crippen molar-refractivity contribution >= 4 is 47.0 Å².